The largest absolute Gasteiger partial charge is 0.362 e. The molecule has 2 rings (SSSR count). The van der Waals surface area contributed by atoms with Crippen LogP contribution in [-0.2, 0) is 4.79 Å². The Morgan fingerprint density at radius 3 is 2.27 bits per heavy atom. The van der Waals surface area contributed by atoms with Gasteiger partial charge in [0.2, 0.25) is 5.91 Å². The first-order valence-electron chi connectivity index (χ1n) is 8.80. The van der Waals surface area contributed by atoms with Gasteiger partial charge in [-0.3, -0.25) is 19.7 Å². The van der Waals surface area contributed by atoms with Crippen molar-refractivity contribution in [3.63, 3.8) is 0 Å². The zero-order valence-electron chi connectivity index (χ0n) is 15.7. The summed E-state index contributed by atoms with van der Waals surface area (Å²) >= 11 is 0. The van der Waals surface area contributed by atoms with Gasteiger partial charge in [0.25, 0.3) is 11.6 Å². The van der Waals surface area contributed by atoms with Crippen LogP contribution in [-0.4, -0.2) is 53.9 Å². The van der Waals surface area contributed by atoms with Crippen molar-refractivity contribution in [3.05, 3.63) is 33.9 Å². The van der Waals surface area contributed by atoms with Crippen LogP contribution in [0.2, 0.25) is 0 Å². The Morgan fingerprint density at radius 2 is 1.77 bits per heavy atom. The molecule has 1 fully saturated rings. The first kappa shape index (κ1) is 19.7. The lowest BCUT2D eigenvalue weighted by molar-refractivity contribution is -0.384. The number of amides is 2. The van der Waals surface area contributed by atoms with E-state index < -0.39 is 4.92 Å². The maximum atomic E-state index is 12.3. The number of anilines is 1. The average molecular weight is 362 g/mol. The Hall–Kier alpha value is -2.64. The molecule has 1 saturated heterocycles. The number of hydrogen-bond acceptors (Lipinski definition) is 5. The molecule has 0 spiro atoms. The number of nitrogens with one attached hydrogen (secondary N) is 1. The number of nitro groups is 1. The molecule has 1 aliphatic heterocycles. The topological polar surface area (TPSA) is 95.8 Å². The minimum absolute atomic E-state index is 0.00504. The van der Waals surface area contributed by atoms with Gasteiger partial charge in [-0.2, -0.15) is 0 Å². The number of carbonyl (C=O) groups excluding carboxylic acids is 2. The third kappa shape index (κ3) is 4.50. The van der Waals surface area contributed by atoms with Gasteiger partial charge in [-0.1, -0.05) is 13.8 Å². The first-order valence-corrected chi connectivity index (χ1v) is 8.80. The van der Waals surface area contributed by atoms with E-state index in [0.717, 1.165) is 0 Å². The third-order valence-electron chi connectivity index (χ3n) is 4.86. The lowest BCUT2D eigenvalue weighted by Crippen LogP contribution is -2.48. The SMILES string of the molecule is CC(=O)N1CCN(c2ccc(C(=O)NC(C)C(C)C)cc2[N+](=O)[O-])CC1. The fraction of sp³-hybridized carbons (Fsp3) is 0.556. The van der Waals surface area contributed by atoms with Crippen LogP contribution in [0.1, 0.15) is 38.1 Å². The maximum absolute atomic E-state index is 12.3. The molecule has 1 atom stereocenters. The minimum atomic E-state index is -0.463. The number of piperazine rings is 1. The van der Waals surface area contributed by atoms with E-state index in [2.05, 4.69) is 5.32 Å². The number of benzene rings is 1. The number of nitrogens with zero attached hydrogens (tertiary/aromatic N) is 3. The van der Waals surface area contributed by atoms with Crippen LogP contribution < -0.4 is 10.2 Å². The van der Waals surface area contributed by atoms with Crippen LogP contribution in [0, 0.1) is 16.0 Å². The van der Waals surface area contributed by atoms with E-state index in [-0.39, 0.29) is 35.0 Å². The van der Waals surface area contributed by atoms with E-state index >= 15 is 0 Å². The molecule has 1 N–H and O–H groups in total. The smallest absolute Gasteiger partial charge is 0.293 e. The molecule has 0 bridgehead atoms. The van der Waals surface area contributed by atoms with Crippen molar-refractivity contribution in [3.8, 4) is 0 Å². The second-order valence-corrected chi connectivity index (χ2v) is 6.96. The van der Waals surface area contributed by atoms with Gasteiger partial charge in [-0.15, -0.1) is 0 Å². The van der Waals surface area contributed by atoms with E-state index in [0.29, 0.717) is 31.9 Å². The highest BCUT2D eigenvalue weighted by atomic mass is 16.6. The maximum Gasteiger partial charge on any atom is 0.293 e. The molecule has 8 nitrogen and oxygen atoms in total. The highest BCUT2D eigenvalue weighted by Crippen LogP contribution is 2.30. The summed E-state index contributed by atoms with van der Waals surface area (Å²) < 4.78 is 0. The highest BCUT2D eigenvalue weighted by Gasteiger charge is 2.26. The summed E-state index contributed by atoms with van der Waals surface area (Å²) in [7, 11) is 0. The van der Waals surface area contributed by atoms with Crippen molar-refractivity contribution in [1.82, 2.24) is 10.2 Å². The van der Waals surface area contributed by atoms with Crippen LogP contribution in [0.25, 0.3) is 0 Å². The second-order valence-electron chi connectivity index (χ2n) is 6.96. The summed E-state index contributed by atoms with van der Waals surface area (Å²) in [6, 6.07) is 4.54. The number of rotatable bonds is 5. The summed E-state index contributed by atoms with van der Waals surface area (Å²) in [5.41, 5.74) is 0.660. The Kier molecular flexibility index (Phi) is 6.18. The molecule has 1 aromatic rings. The molecular formula is C18H26N4O4. The zero-order valence-corrected chi connectivity index (χ0v) is 15.7. The quantitative estimate of drug-likeness (QED) is 0.639. The third-order valence-corrected chi connectivity index (χ3v) is 4.86. The van der Waals surface area contributed by atoms with Gasteiger partial charge in [0.05, 0.1) is 4.92 Å². The number of nitro benzene ring substituents is 1. The lowest BCUT2D eigenvalue weighted by Gasteiger charge is -2.35. The Balaban J connectivity index is 2.20. The molecule has 1 unspecified atom stereocenters. The van der Waals surface area contributed by atoms with Crippen molar-refractivity contribution in [2.24, 2.45) is 5.92 Å². The fourth-order valence-corrected chi connectivity index (χ4v) is 2.80. The van der Waals surface area contributed by atoms with E-state index in [1.54, 1.807) is 17.0 Å². The van der Waals surface area contributed by atoms with Gasteiger partial charge in [0, 0.05) is 50.8 Å². The molecule has 2 amide bonds. The summed E-state index contributed by atoms with van der Waals surface area (Å²) in [4.78, 5) is 38.4. The number of hydrogen-bond donors (Lipinski definition) is 1. The monoisotopic (exact) mass is 362 g/mol. The summed E-state index contributed by atoms with van der Waals surface area (Å²) in [5.74, 6) is -0.0431. The Labute approximate surface area is 153 Å². The van der Waals surface area contributed by atoms with E-state index in [4.69, 9.17) is 0 Å². The molecule has 0 saturated carbocycles. The summed E-state index contributed by atoms with van der Waals surface area (Å²) in [6.45, 7) is 9.52. The summed E-state index contributed by atoms with van der Waals surface area (Å²) in [6.07, 6.45) is 0. The van der Waals surface area contributed by atoms with Gasteiger partial charge in [0.15, 0.2) is 0 Å². The van der Waals surface area contributed by atoms with E-state index in [1.165, 1.54) is 13.0 Å². The van der Waals surface area contributed by atoms with Crippen LogP contribution in [0.4, 0.5) is 11.4 Å². The first-order chi connectivity index (χ1) is 12.2. The van der Waals surface area contributed by atoms with Crippen molar-refractivity contribution in [2.45, 2.75) is 33.7 Å². The van der Waals surface area contributed by atoms with Crippen LogP contribution in [0.3, 0.4) is 0 Å². The zero-order chi connectivity index (χ0) is 19.4. The van der Waals surface area contributed by atoms with Crippen molar-refractivity contribution < 1.29 is 14.5 Å². The van der Waals surface area contributed by atoms with Crippen LogP contribution >= 0.6 is 0 Å². The van der Waals surface area contributed by atoms with Crippen molar-refractivity contribution in [1.29, 1.82) is 0 Å². The van der Waals surface area contributed by atoms with Gasteiger partial charge in [-0.25, -0.2) is 0 Å². The standard InChI is InChI=1S/C18H26N4O4/c1-12(2)13(3)19-18(24)15-5-6-16(17(11-15)22(25)26)21-9-7-20(8-10-21)14(4)23/h5-6,11-13H,7-10H2,1-4H3,(H,19,24). The van der Waals surface area contributed by atoms with Gasteiger partial charge in [0.1, 0.15) is 5.69 Å². The molecule has 8 heteroatoms. The van der Waals surface area contributed by atoms with Gasteiger partial charge >= 0.3 is 0 Å². The number of carbonyl (C=O) groups is 2. The minimum Gasteiger partial charge on any atom is -0.362 e. The van der Waals surface area contributed by atoms with E-state index in [1.807, 2.05) is 25.7 Å². The Morgan fingerprint density at radius 1 is 1.15 bits per heavy atom. The summed E-state index contributed by atoms with van der Waals surface area (Å²) in [5, 5.41) is 14.4. The lowest BCUT2D eigenvalue weighted by atomic mass is 10.1. The average Bonchev–Trinajstić information content (AvgIpc) is 2.61. The molecule has 0 radical (unpaired) electrons. The molecule has 1 heterocycles. The highest BCUT2D eigenvalue weighted by molar-refractivity contribution is 5.96. The second kappa shape index (κ2) is 8.16. The molecule has 1 aromatic carbocycles. The van der Waals surface area contributed by atoms with Gasteiger partial charge in [-0.05, 0) is 25.0 Å². The molecule has 142 valence electrons. The molecule has 1 aliphatic rings. The predicted molar refractivity (Wildman–Crippen MR) is 99.3 cm³/mol. The van der Waals surface area contributed by atoms with Crippen LogP contribution in [0.5, 0.6) is 0 Å². The molecule has 26 heavy (non-hydrogen) atoms. The van der Waals surface area contributed by atoms with Crippen LogP contribution in [0.15, 0.2) is 18.2 Å². The van der Waals surface area contributed by atoms with E-state index in [9.17, 15) is 19.7 Å². The molecule has 0 aromatic heterocycles. The van der Waals surface area contributed by atoms with Gasteiger partial charge < -0.3 is 15.1 Å². The van der Waals surface area contributed by atoms with Crippen molar-refractivity contribution >= 4 is 23.2 Å². The molecular weight excluding hydrogens is 336 g/mol. The normalized spacial score (nSPS) is 15.7. The van der Waals surface area contributed by atoms with Crippen molar-refractivity contribution in [2.75, 3.05) is 31.1 Å². The fourth-order valence-electron chi connectivity index (χ4n) is 2.80. The predicted octanol–water partition coefficient (Wildman–Crippen LogP) is 2.04. The molecule has 0 aliphatic carbocycles. The Bertz CT molecular complexity index is 696.